The first kappa shape index (κ1) is 17.7. The van der Waals surface area contributed by atoms with Crippen LogP contribution in [-0.2, 0) is 11.3 Å². The average molecular weight is 386 g/mol. The van der Waals surface area contributed by atoms with Crippen molar-refractivity contribution >= 4 is 33.1 Å². The number of aromatic nitrogens is 2. The van der Waals surface area contributed by atoms with Crippen LogP contribution < -0.4 is 0 Å². The van der Waals surface area contributed by atoms with Crippen molar-refractivity contribution in [3.05, 3.63) is 28.7 Å². The van der Waals surface area contributed by atoms with Gasteiger partial charge in [-0.15, -0.1) is 0 Å². The van der Waals surface area contributed by atoms with Gasteiger partial charge < -0.3 is 14.2 Å². The van der Waals surface area contributed by atoms with Crippen LogP contribution >= 0.6 is 15.9 Å². The number of aryl methyl sites for hydroxylation is 1. The van der Waals surface area contributed by atoms with Gasteiger partial charge in [-0.2, -0.15) is 0 Å². The molecule has 23 heavy (non-hydrogen) atoms. The van der Waals surface area contributed by atoms with E-state index in [1.807, 2.05) is 25.3 Å². The fourth-order valence-corrected chi connectivity index (χ4v) is 2.74. The van der Waals surface area contributed by atoms with E-state index in [1.165, 1.54) is 6.07 Å². The number of ether oxygens (including phenoxy) is 1. The van der Waals surface area contributed by atoms with Crippen molar-refractivity contribution in [3.63, 3.8) is 0 Å². The molecule has 1 aromatic carbocycles. The molecular formula is C16H21BrFN3O2. The highest BCUT2D eigenvalue weighted by atomic mass is 79.9. The molecule has 2 aromatic rings. The lowest BCUT2D eigenvalue weighted by Gasteiger charge is -2.24. The van der Waals surface area contributed by atoms with Gasteiger partial charge in [-0.1, -0.05) is 0 Å². The summed E-state index contributed by atoms with van der Waals surface area (Å²) in [5, 5.41) is 0. The fourth-order valence-electron chi connectivity index (χ4n) is 2.18. The van der Waals surface area contributed by atoms with Gasteiger partial charge in [0.25, 0.3) is 0 Å². The number of benzene rings is 1. The van der Waals surface area contributed by atoms with Gasteiger partial charge in [0.1, 0.15) is 11.4 Å². The Morgan fingerprint density at radius 2 is 2.13 bits per heavy atom. The highest BCUT2D eigenvalue weighted by molar-refractivity contribution is 9.10. The van der Waals surface area contributed by atoms with Crippen LogP contribution in [0.2, 0.25) is 0 Å². The Hall–Kier alpha value is -1.63. The summed E-state index contributed by atoms with van der Waals surface area (Å²) >= 11 is 3.27. The number of hydrogen-bond acceptors (Lipinski definition) is 3. The molecule has 0 aliphatic carbocycles. The van der Waals surface area contributed by atoms with E-state index in [-0.39, 0.29) is 11.9 Å². The summed E-state index contributed by atoms with van der Waals surface area (Å²) in [7, 11) is 1.70. The molecule has 0 saturated heterocycles. The second-order valence-corrected chi connectivity index (χ2v) is 7.22. The molecule has 126 valence electrons. The molecule has 0 aliphatic heterocycles. The number of nitrogens with zero attached hydrogens (tertiary/aromatic N) is 3. The molecular weight excluding hydrogens is 365 g/mol. The second-order valence-electron chi connectivity index (χ2n) is 6.42. The predicted molar refractivity (Wildman–Crippen MR) is 90.9 cm³/mol. The molecule has 1 amide bonds. The Kier molecular flexibility index (Phi) is 5.29. The number of rotatable bonds is 4. The number of carbonyl (C=O) groups excluding carboxylic acids is 1. The van der Waals surface area contributed by atoms with Crippen molar-refractivity contribution in [2.75, 3.05) is 13.6 Å². The molecule has 0 spiro atoms. The van der Waals surface area contributed by atoms with Crippen LogP contribution in [0.3, 0.4) is 0 Å². The highest BCUT2D eigenvalue weighted by Crippen LogP contribution is 2.26. The standard InChI is InChI=1S/C16H21BrFN3O2/c1-16(2,3)23-15(22)20(4)8-5-9-21-10-19-12-7-6-11(18)13(17)14(12)21/h6-7,10H,5,8-9H2,1-4H3. The van der Waals surface area contributed by atoms with Crippen molar-refractivity contribution in [1.82, 2.24) is 14.5 Å². The minimum atomic E-state index is -0.506. The maximum absolute atomic E-state index is 13.7. The zero-order valence-electron chi connectivity index (χ0n) is 13.8. The summed E-state index contributed by atoms with van der Waals surface area (Å²) < 4.78 is 21.3. The van der Waals surface area contributed by atoms with Gasteiger partial charge in [-0.3, -0.25) is 0 Å². The van der Waals surface area contributed by atoms with E-state index >= 15 is 0 Å². The Labute approximate surface area is 143 Å². The van der Waals surface area contributed by atoms with Gasteiger partial charge in [0, 0.05) is 20.1 Å². The lowest BCUT2D eigenvalue weighted by Crippen LogP contribution is -2.35. The van der Waals surface area contributed by atoms with Crippen LogP contribution in [0.15, 0.2) is 22.9 Å². The molecule has 5 nitrogen and oxygen atoms in total. The van der Waals surface area contributed by atoms with Gasteiger partial charge in [0.05, 0.1) is 21.8 Å². The largest absolute Gasteiger partial charge is 0.444 e. The summed E-state index contributed by atoms with van der Waals surface area (Å²) in [4.78, 5) is 17.7. The van der Waals surface area contributed by atoms with E-state index in [0.717, 1.165) is 11.0 Å². The number of hydrogen-bond donors (Lipinski definition) is 0. The summed E-state index contributed by atoms with van der Waals surface area (Å²) in [6.07, 6.45) is 2.05. The summed E-state index contributed by atoms with van der Waals surface area (Å²) in [5.74, 6) is -0.315. The van der Waals surface area contributed by atoms with E-state index in [0.29, 0.717) is 24.0 Å². The normalized spacial score (nSPS) is 11.7. The lowest BCUT2D eigenvalue weighted by atomic mass is 10.2. The van der Waals surface area contributed by atoms with Gasteiger partial charge in [0.2, 0.25) is 0 Å². The topological polar surface area (TPSA) is 47.4 Å². The number of fused-ring (bicyclic) bond motifs is 1. The fraction of sp³-hybridized carbons (Fsp3) is 0.500. The SMILES string of the molecule is CN(CCCn1cnc2ccc(F)c(Br)c21)C(=O)OC(C)(C)C. The van der Waals surface area contributed by atoms with Crippen LogP contribution in [0.4, 0.5) is 9.18 Å². The Morgan fingerprint density at radius 3 is 2.78 bits per heavy atom. The minimum absolute atomic E-state index is 0.315. The third-order valence-electron chi connectivity index (χ3n) is 3.27. The smallest absolute Gasteiger partial charge is 0.410 e. The van der Waals surface area contributed by atoms with E-state index in [4.69, 9.17) is 4.74 Å². The highest BCUT2D eigenvalue weighted by Gasteiger charge is 2.19. The molecule has 0 N–H and O–H groups in total. The first-order chi connectivity index (χ1) is 10.7. The average Bonchev–Trinajstić information content (AvgIpc) is 2.85. The van der Waals surface area contributed by atoms with E-state index in [2.05, 4.69) is 20.9 Å². The van der Waals surface area contributed by atoms with Crippen LogP contribution in [0.25, 0.3) is 11.0 Å². The quantitative estimate of drug-likeness (QED) is 0.792. The van der Waals surface area contributed by atoms with E-state index in [1.54, 1.807) is 24.3 Å². The first-order valence-electron chi connectivity index (χ1n) is 7.42. The second kappa shape index (κ2) is 6.86. The summed E-state index contributed by atoms with van der Waals surface area (Å²) in [5.41, 5.74) is 0.956. The van der Waals surface area contributed by atoms with Crippen LogP contribution in [-0.4, -0.2) is 39.7 Å². The minimum Gasteiger partial charge on any atom is -0.444 e. The molecule has 0 saturated carbocycles. The van der Waals surface area contributed by atoms with Crippen LogP contribution in [0, 0.1) is 5.82 Å². The molecule has 0 bridgehead atoms. The molecule has 0 atom stereocenters. The molecule has 0 fully saturated rings. The Bertz CT molecular complexity index is 709. The van der Waals surface area contributed by atoms with Crippen molar-refractivity contribution in [1.29, 1.82) is 0 Å². The van der Waals surface area contributed by atoms with Gasteiger partial charge in [-0.25, -0.2) is 14.2 Å². The van der Waals surface area contributed by atoms with Crippen molar-refractivity contribution < 1.29 is 13.9 Å². The van der Waals surface area contributed by atoms with E-state index < -0.39 is 5.60 Å². The number of halogens is 2. The number of carbonyl (C=O) groups is 1. The molecule has 0 radical (unpaired) electrons. The van der Waals surface area contributed by atoms with Gasteiger partial charge in [0.15, 0.2) is 0 Å². The third kappa shape index (κ3) is 4.43. The van der Waals surface area contributed by atoms with Crippen molar-refractivity contribution in [3.8, 4) is 0 Å². The summed E-state index contributed by atoms with van der Waals surface area (Å²) in [6.45, 7) is 6.68. The van der Waals surface area contributed by atoms with E-state index in [9.17, 15) is 9.18 Å². The summed E-state index contributed by atoms with van der Waals surface area (Å²) in [6, 6.07) is 3.04. The molecule has 1 aromatic heterocycles. The monoisotopic (exact) mass is 385 g/mol. The Morgan fingerprint density at radius 1 is 1.43 bits per heavy atom. The number of amides is 1. The maximum atomic E-state index is 13.7. The molecule has 7 heteroatoms. The molecule has 0 aliphatic rings. The molecule has 0 unspecified atom stereocenters. The maximum Gasteiger partial charge on any atom is 0.410 e. The molecule has 1 heterocycles. The van der Waals surface area contributed by atoms with Crippen molar-refractivity contribution in [2.24, 2.45) is 0 Å². The third-order valence-corrected chi connectivity index (χ3v) is 4.02. The zero-order valence-corrected chi connectivity index (χ0v) is 15.4. The van der Waals surface area contributed by atoms with Gasteiger partial charge in [-0.05, 0) is 55.3 Å². The zero-order chi connectivity index (χ0) is 17.2. The van der Waals surface area contributed by atoms with Gasteiger partial charge >= 0.3 is 6.09 Å². The first-order valence-corrected chi connectivity index (χ1v) is 8.21. The predicted octanol–water partition coefficient (Wildman–Crippen LogP) is 4.19. The number of imidazole rings is 1. The van der Waals surface area contributed by atoms with Crippen molar-refractivity contribution in [2.45, 2.75) is 39.3 Å². The molecule has 2 rings (SSSR count). The lowest BCUT2D eigenvalue weighted by molar-refractivity contribution is 0.0295. The van der Waals surface area contributed by atoms with Crippen LogP contribution in [0.1, 0.15) is 27.2 Å². The Balaban J connectivity index is 1.97. The van der Waals surface area contributed by atoms with Crippen LogP contribution in [0.5, 0.6) is 0 Å².